The van der Waals surface area contributed by atoms with E-state index < -0.39 is 20.0 Å². The maximum Gasteiger partial charge on any atom is 0.243 e. The van der Waals surface area contributed by atoms with Crippen molar-refractivity contribution in [2.75, 3.05) is 13.1 Å². The molecule has 0 spiro atoms. The summed E-state index contributed by atoms with van der Waals surface area (Å²) in [5.74, 6) is 2.65. The van der Waals surface area contributed by atoms with Gasteiger partial charge in [-0.2, -0.15) is 4.31 Å². The molecule has 1 aromatic rings. The second kappa shape index (κ2) is 5.77. The minimum Gasteiger partial charge on any atom is -0.225 e. The average molecular weight is 328 g/mol. The van der Waals surface area contributed by atoms with E-state index in [1.807, 2.05) is 0 Å². The van der Waals surface area contributed by atoms with Crippen molar-refractivity contribution in [2.24, 2.45) is 11.1 Å². The van der Waals surface area contributed by atoms with Crippen LogP contribution in [0.2, 0.25) is 0 Å². The topological polar surface area (TPSA) is 97.5 Å². The molecule has 0 amide bonds. The molecule has 0 heterocycles. The molecule has 1 aromatic carbocycles. The van der Waals surface area contributed by atoms with Crippen LogP contribution in [0, 0.1) is 18.3 Å². The molecule has 2 N–H and O–H groups in total. The average Bonchev–Trinajstić information content (AvgIpc) is 3.21. The Bertz CT molecular complexity index is 775. The van der Waals surface area contributed by atoms with Crippen molar-refractivity contribution in [1.29, 1.82) is 0 Å². The molecular formula is C13H16N2O4S2. The Balaban J connectivity index is 2.39. The molecule has 0 atom stereocenters. The maximum absolute atomic E-state index is 12.6. The highest BCUT2D eigenvalue weighted by atomic mass is 32.2. The fourth-order valence-corrected chi connectivity index (χ4v) is 4.01. The fraction of sp³-hybridized carbons (Fsp3) is 0.385. The lowest BCUT2D eigenvalue weighted by molar-refractivity contribution is 0.430. The van der Waals surface area contributed by atoms with Crippen molar-refractivity contribution in [2.45, 2.75) is 22.6 Å². The van der Waals surface area contributed by atoms with Crippen molar-refractivity contribution < 1.29 is 16.8 Å². The number of rotatable bonds is 6. The third-order valence-corrected chi connectivity index (χ3v) is 5.92. The molecule has 0 aromatic heterocycles. The number of benzene rings is 1. The molecule has 1 saturated carbocycles. The zero-order valence-corrected chi connectivity index (χ0v) is 12.9. The van der Waals surface area contributed by atoms with E-state index in [1.165, 1.54) is 22.5 Å². The molecule has 2 rings (SSSR count). The van der Waals surface area contributed by atoms with Gasteiger partial charge in [-0.3, -0.25) is 0 Å². The molecule has 114 valence electrons. The Kier molecular flexibility index (Phi) is 4.39. The van der Waals surface area contributed by atoms with Gasteiger partial charge in [0.25, 0.3) is 0 Å². The summed E-state index contributed by atoms with van der Waals surface area (Å²) < 4.78 is 49.0. The molecule has 6 nitrogen and oxygen atoms in total. The zero-order valence-electron chi connectivity index (χ0n) is 11.3. The predicted molar refractivity (Wildman–Crippen MR) is 78.1 cm³/mol. The molecular weight excluding hydrogens is 312 g/mol. The van der Waals surface area contributed by atoms with E-state index in [2.05, 4.69) is 5.92 Å². The maximum atomic E-state index is 12.6. The Morgan fingerprint density at radius 2 is 1.86 bits per heavy atom. The SMILES string of the molecule is C#CCN(CC1CC1)S(=O)(=O)c1cccc(S(N)(=O)=O)c1. The molecule has 0 bridgehead atoms. The van der Waals surface area contributed by atoms with Crippen LogP contribution in [0.3, 0.4) is 0 Å². The van der Waals surface area contributed by atoms with E-state index in [9.17, 15) is 16.8 Å². The summed E-state index contributed by atoms with van der Waals surface area (Å²) in [6.45, 7) is 0.310. The van der Waals surface area contributed by atoms with Gasteiger partial charge in [-0.05, 0) is 37.0 Å². The number of nitrogens with zero attached hydrogens (tertiary/aromatic N) is 1. The lowest BCUT2D eigenvalue weighted by Gasteiger charge is -2.20. The predicted octanol–water partition coefficient (Wildman–Crippen LogP) is 0.368. The van der Waals surface area contributed by atoms with Gasteiger partial charge in [0.2, 0.25) is 20.0 Å². The van der Waals surface area contributed by atoms with Crippen molar-refractivity contribution >= 4 is 20.0 Å². The van der Waals surface area contributed by atoms with Gasteiger partial charge in [0.1, 0.15) is 0 Å². The van der Waals surface area contributed by atoms with E-state index in [0.29, 0.717) is 12.5 Å². The van der Waals surface area contributed by atoms with Crippen LogP contribution < -0.4 is 5.14 Å². The number of nitrogens with two attached hydrogens (primary N) is 1. The van der Waals surface area contributed by atoms with Gasteiger partial charge < -0.3 is 0 Å². The monoisotopic (exact) mass is 328 g/mol. The van der Waals surface area contributed by atoms with Crippen LogP contribution in [-0.2, 0) is 20.0 Å². The van der Waals surface area contributed by atoms with Crippen LogP contribution in [-0.4, -0.2) is 34.2 Å². The molecule has 0 saturated heterocycles. The fourth-order valence-electron chi connectivity index (χ4n) is 1.90. The lowest BCUT2D eigenvalue weighted by atomic mass is 10.4. The first-order valence-corrected chi connectivity index (χ1v) is 9.30. The minimum atomic E-state index is -3.96. The minimum absolute atomic E-state index is 0.0432. The Labute approximate surface area is 125 Å². The number of sulfonamides is 2. The highest BCUT2D eigenvalue weighted by molar-refractivity contribution is 7.90. The van der Waals surface area contributed by atoms with Gasteiger partial charge in [0.05, 0.1) is 16.3 Å². The van der Waals surface area contributed by atoms with Gasteiger partial charge in [-0.25, -0.2) is 22.0 Å². The van der Waals surface area contributed by atoms with E-state index in [1.54, 1.807) is 0 Å². The Hall–Kier alpha value is -1.40. The zero-order chi connectivity index (χ0) is 15.7. The van der Waals surface area contributed by atoms with Crippen LogP contribution >= 0.6 is 0 Å². The first-order valence-electron chi connectivity index (χ1n) is 6.31. The highest BCUT2D eigenvalue weighted by Crippen LogP contribution is 2.31. The highest BCUT2D eigenvalue weighted by Gasteiger charge is 2.31. The Morgan fingerprint density at radius 3 is 2.38 bits per heavy atom. The summed E-state index contributed by atoms with van der Waals surface area (Å²) in [5.41, 5.74) is 0. The standard InChI is InChI=1S/C13H16N2O4S2/c1-2-8-15(10-11-6-7-11)21(18,19)13-5-3-4-12(9-13)20(14,16)17/h1,3-5,9,11H,6-8,10H2,(H2,14,16,17). The summed E-state index contributed by atoms with van der Waals surface area (Å²) in [7, 11) is -7.79. The third kappa shape index (κ3) is 3.83. The van der Waals surface area contributed by atoms with Gasteiger partial charge >= 0.3 is 0 Å². The van der Waals surface area contributed by atoms with Gasteiger partial charge in [0, 0.05) is 6.54 Å². The molecule has 0 aliphatic heterocycles. The van der Waals surface area contributed by atoms with E-state index >= 15 is 0 Å². The Morgan fingerprint density at radius 1 is 1.24 bits per heavy atom. The molecule has 8 heteroatoms. The normalized spacial score (nSPS) is 15.9. The van der Waals surface area contributed by atoms with Crippen LogP contribution in [0.1, 0.15) is 12.8 Å². The first kappa shape index (κ1) is 16.0. The van der Waals surface area contributed by atoms with Crippen molar-refractivity contribution in [1.82, 2.24) is 4.31 Å². The largest absolute Gasteiger partial charge is 0.243 e. The number of terminal acetylenes is 1. The second-order valence-electron chi connectivity index (χ2n) is 4.96. The molecule has 0 unspecified atom stereocenters. The van der Waals surface area contributed by atoms with E-state index in [4.69, 9.17) is 11.6 Å². The summed E-state index contributed by atoms with van der Waals surface area (Å²) in [6, 6.07) is 4.99. The van der Waals surface area contributed by atoms with Gasteiger partial charge in [-0.1, -0.05) is 12.0 Å². The molecule has 1 fully saturated rings. The van der Waals surface area contributed by atoms with Crippen molar-refractivity contribution in [3.05, 3.63) is 24.3 Å². The van der Waals surface area contributed by atoms with Crippen LogP contribution in [0.25, 0.3) is 0 Å². The molecule has 21 heavy (non-hydrogen) atoms. The summed E-state index contributed by atoms with van der Waals surface area (Å²) in [4.78, 5) is -0.361. The number of hydrogen-bond donors (Lipinski definition) is 1. The lowest BCUT2D eigenvalue weighted by Crippen LogP contribution is -2.33. The van der Waals surface area contributed by atoms with Crippen LogP contribution in [0.15, 0.2) is 34.1 Å². The van der Waals surface area contributed by atoms with Crippen LogP contribution in [0.4, 0.5) is 0 Å². The van der Waals surface area contributed by atoms with Gasteiger partial charge in [-0.15, -0.1) is 6.42 Å². The van der Waals surface area contributed by atoms with Crippen LogP contribution in [0.5, 0.6) is 0 Å². The third-order valence-electron chi connectivity index (χ3n) is 3.20. The summed E-state index contributed by atoms with van der Waals surface area (Å²) in [6.07, 6.45) is 7.19. The number of hydrogen-bond acceptors (Lipinski definition) is 4. The summed E-state index contributed by atoms with van der Waals surface area (Å²) in [5, 5.41) is 5.03. The molecule has 1 aliphatic rings. The van der Waals surface area contributed by atoms with Gasteiger partial charge in [0.15, 0.2) is 0 Å². The van der Waals surface area contributed by atoms with Crippen molar-refractivity contribution in [3.63, 3.8) is 0 Å². The van der Waals surface area contributed by atoms with E-state index in [0.717, 1.165) is 18.9 Å². The molecule has 0 radical (unpaired) electrons. The summed E-state index contributed by atoms with van der Waals surface area (Å²) >= 11 is 0. The second-order valence-corrected chi connectivity index (χ2v) is 8.46. The molecule has 1 aliphatic carbocycles. The van der Waals surface area contributed by atoms with Crippen molar-refractivity contribution in [3.8, 4) is 12.3 Å². The number of primary sulfonamides is 1. The first-order chi connectivity index (χ1) is 9.75. The smallest absolute Gasteiger partial charge is 0.225 e. The quantitative estimate of drug-likeness (QED) is 0.763. The van der Waals surface area contributed by atoms with E-state index in [-0.39, 0.29) is 16.3 Å².